The monoisotopic (exact) mass is 263 g/mol. The number of carbonyl (C=O) groups is 2. The third-order valence-electron chi connectivity index (χ3n) is 3.05. The van der Waals surface area contributed by atoms with Crippen molar-refractivity contribution < 1.29 is 9.59 Å². The average molecular weight is 263 g/mol. The molecule has 0 aliphatic carbocycles. The molecule has 0 radical (unpaired) electrons. The second-order valence-corrected chi connectivity index (χ2v) is 5.23. The van der Waals surface area contributed by atoms with Gasteiger partial charge in [-0.15, -0.1) is 0 Å². The fraction of sp³-hybridized carbons (Fsp3) is 0.429. The fourth-order valence-electron chi connectivity index (χ4n) is 1.55. The van der Waals surface area contributed by atoms with Crippen LogP contribution < -0.4 is 16.4 Å². The summed E-state index contributed by atoms with van der Waals surface area (Å²) < 4.78 is 0. The second kappa shape index (κ2) is 5.73. The van der Waals surface area contributed by atoms with Gasteiger partial charge in [0.15, 0.2) is 0 Å². The zero-order valence-electron chi connectivity index (χ0n) is 11.8. The molecule has 0 spiro atoms. The van der Waals surface area contributed by atoms with Gasteiger partial charge in [-0.1, -0.05) is 11.6 Å². The summed E-state index contributed by atoms with van der Waals surface area (Å²) >= 11 is 0. The van der Waals surface area contributed by atoms with Crippen molar-refractivity contribution in [2.24, 2.45) is 11.1 Å². The van der Waals surface area contributed by atoms with Crippen LogP contribution in [0.3, 0.4) is 0 Å². The number of hydrogen-bond donors (Lipinski definition) is 3. The molecule has 5 nitrogen and oxygen atoms in total. The SMILES string of the molecule is CNc1ccc(C)cc1C(=O)NCC(C)(C)C(N)=O. The lowest BCUT2D eigenvalue weighted by atomic mass is 9.92. The van der Waals surface area contributed by atoms with E-state index in [1.807, 2.05) is 19.1 Å². The number of nitrogens with one attached hydrogen (secondary N) is 2. The summed E-state index contributed by atoms with van der Waals surface area (Å²) in [5, 5.41) is 5.71. The summed E-state index contributed by atoms with van der Waals surface area (Å²) in [6.07, 6.45) is 0. The molecule has 1 rings (SSSR count). The van der Waals surface area contributed by atoms with Crippen LogP contribution in [-0.4, -0.2) is 25.4 Å². The molecular weight excluding hydrogens is 242 g/mol. The van der Waals surface area contributed by atoms with Crippen molar-refractivity contribution in [1.29, 1.82) is 0 Å². The van der Waals surface area contributed by atoms with E-state index < -0.39 is 11.3 Å². The van der Waals surface area contributed by atoms with E-state index in [9.17, 15) is 9.59 Å². The number of aryl methyl sites for hydroxylation is 1. The molecule has 104 valence electrons. The molecule has 4 N–H and O–H groups in total. The van der Waals surface area contributed by atoms with E-state index in [2.05, 4.69) is 10.6 Å². The highest BCUT2D eigenvalue weighted by molar-refractivity contribution is 6.00. The lowest BCUT2D eigenvalue weighted by molar-refractivity contribution is -0.125. The fourth-order valence-corrected chi connectivity index (χ4v) is 1.55. The van der Waals surface area contributed by atoms with Crippen LogP contribution in [0.5, 0.6) is 0 Å². The first-order valence-corrected chi connectivity index (χ1v) is 6.14. The van der Waals surface area contributed by atoms with E-state index in [-0.39, 0.29) is 12.5 Å². The average Bonchev–Trinajstić information content (AvgIpc) is 2.35. The molecule has 0 saturated heterocycles. The van der Waals surface area contributed by atoms with Gasteiger partial charge in [-0.2, -0.15) is 0 Å². The lowest BCUT2D eigenvalue weighted by Crippen LogP contribution is -2.42. The molecule has 0 heterocycles. The molecule has 0 fully saturated rings. The Bertz CT molecular complexity index is 495. The molecule has 0 saturated carbocycles. The quantitative estimate of drug-likeness (QED) is 0.748. The Hall–Kier alpha value is -2.04. The summed E-state index contributed by atoms with van der Waals surface area (Å²) in [6, 6.07) is 5.58. The normalized spacial score (nSPS) is 10.9. The van der Waals surface area contributed by atoms with Crippen molar-refractivity contribution >= 4 is 17.5 Å². The number of primary amides is 1. The molecular formula is C14H21N3O2. The highest BCUT2D eigenvalue weighted by atomic mass is 16.2. The van der Waals surface area contributed by atoms with Gasteiger partial charge in [0.05, 0.1) is 11.0 Å². The summed E-state index contributed by atoms with van der Waals surface area (Å²) in [5.74, 6) is -0.659. The van der Waals surface area contributed by atoms with Crippen molar-refractivity contribution in [2.75, 3.05) is 18.9 Å². The Labute approximate surface area is 113 Å². The molecule has 0 bridgehead atoms. The standard InChI is InChI=1S/C14H21N3O2/c1-9-5-6-11(16-4)10(7-9)12(18)17-8-14(2,3)13(15)19/h5-7,16H,8H2,1-4H3,(H2,15,19)(H,17,18). The Balaban J connectivity index is 2.84. The molecule has 0 aliphatic rings. The van der Waals surface area contributed by atoms with Gasteiger partial charge in [-0.3, -0.25) is 9.59 Å². The molecule has 1 aromatic rings. The lowest BCUT2D eigenvalue weighted by Gasteiger charge is -2.21. The van der Waals surface area contributed by atoms with Crippen LogP contribution >= 0.6 is 0 Å². The van der Waals surface area contributed by atoms with Crippen LogP contribution in [-0.2, 0) is 4.79 Å². The molecule has 2 amide bonds. The van der Waals surface area contributed by atoms with Gasteiger partial charge in [0.1, 0.15) is 0 Å². The number of rotatable bonds is 5. The van der Waals surface area contributed by atoms with Crippen LogP contribution in [0, 0.1) is 12.3 Å². The summed E-state index contributed by atoms with van der Waals surface area (Å²) in [7, 11) is 1.76. The van der Waals surface area contributed by atoms with Gasteiger partial charge < -0.3 is 16.4 Å². The highest BCUT2D eigenvalue weighted by Gasteiger charge is 2.26. The number of anilines is 1. The molecule has 0 unspecified atom stereocenters. The van der Waals surface area contributed by atoms with Gasteiger partial charge in [-0.05, 0) is 32.9 Å². The van der Waals surface area contributed by atoms with Crippen LogP contribution in [0.25, 0.3) is 0 Å². The van der Waals surface area contributed by atoms with Gasteiger partial charge in [0, 0.05) is 19.3 Å². The third kappa shape index (κ3) is 3.71. The Morgan fingerprint density at radius 3 is 2.47 bits per heavy atom. The minimum atomic E-state index is -0.765. The first-order valence-electron chi connectivity index (χ1n) is 6.14. The maximum atomic E-state index is 12.1. The maximum absolute atomic E-state index is 12.1. The van der Waals surface area contributed by atoms with E-state index in [1.165, 1.54) is 0 Å². The number of hydrogen-bond acceptors (Lipinski definition) is 3. The van der Waals surface area contributed by atoms with Crippen LogP contribution in [0.4, 0.5) is 5.69 Å². The molecule has 0 aromatic heterocycles. The number of carbonyl (C=O) groups excluding carboxylic acids is 2. The van der Waals surface area contributed by atoms with E-state index >= 15 is 0 Å². The van der Waals surface area contributed by atoms with Crippen LogP contribution in [0.2, 0.25) is 0 Å². The molecule has 0 atom stereocenters. The highest BCUT2D eigenvalue weighted by Crippen LogP contribution is 2.18. The molecule has 1 aromatic carbocycles. The van der Waals surface area contributed by atoms with Crippen molar-refractivity contribution in [3.05, 3.63) is 29.3 Å². The van der Waals surface area contributed by atoms with Gasteiger partial charge in [-0.25, -0.2) is 0 Å². The minimum absolute atomic E-state index is 0.207. The minimum Gasteiger partial charge on any atom is -0.387 e. The smallest absolute Gasteiger partial charge is 0.253 e. The van der Waals surface area contributed by atoms with Crippen LogP contribution in [0.1, 0.15) is 29.8 Å². The first-order chi connectivity index (χ1) is 8.77. The summed E-state index contributed by atoms with van der Waals surface area (Å²) in [6.45, 7) is 5.53. The first kappa shape index (κ1) is 15.0. The predicted octanol–water partition coefficient (Wildman–Crippen LogP) is 1.28. The molecule has 5 heteroatoms. The Morgan fingerprint density at radius 2 is 1.95 bits per heavy atom. The van der Waals surface area contributed by atoms with Crippen molar-refractivity contribution in [1.82, 2.24) is 5.32 Å². The Kier molecular flexibility index (Phi) is 4.53. The number of benzene rings is 1. The van der Waals surface area contributed by atoms with E-state index in [0.29, 0.717) is 5.56 Å². The molecule has 19 heavy (non-hydrogen) atoms. The second-order valence-electron chi connectivity index (χ2n) is 5.23. The van der Waals surface area contributed by atoms with Gasteiger partial charge in [0.2, 0.25) is 5.91 Å². The van der Waals surface area contributed by atoms with E-state index in [0.717, 1.165) is 11.3 Å². The number of nitrogens with two attached hydrogens (primary N) is 1. The topological polar surface area (TPSA) is 84.2 Å². The zero-order chi connectivity index (χ0) is 14.6. The van der Waals surface area contributed by atoms with Gasteiger partial charge >= 0.3 is 0 Å². The Morgan fingerprint density at radius 1 is 1.32 bits per heavy atom. The number of amides is 2. The maximum Gasteiger partial charge on any atom is 0.253 e. The van der Waals surface area contributed by atoms with E-state index in [1.54, 1.807) is 27.0 Å². The largest absolute Gasteiger partial charge is 0.387 e. The summed E-state index contributed by atoms with van der Waals surface area (Å²) in [5.41, 5.74) is 6.81. The zero-order valence-corrected chi connectivity index (χ0v) is 11.8. The molecule has 0 aliphatic heterocycles. The predicted molar refractivity (Wildman–Crippen MR) is 76.0 cm³/mol. The van der Waals surface area contributed by atoms with Gasteiger partial charge in [0.25, 0.3) is 5.91 Å². The van der Waals surface area contributed by atoms with E-state index in [4.69, 9.17) is 5.73 Å². The van der Waals surface area contributed by atoms with Crippen molar-refractivity contribution in [3.63, 3.8) is 0 Å². The van der Waals surface area contributed by atoms with Crippen molar-refractivity contribution in [3.8, 4) is 0 Å². The third-order valence-corrected chi connectivity index (χ3v) is 3.05. The van der Waals surface area contributed by atoms with Crippen LogP contribution in [0.15, 0.2) is 18.2 Å². The van der Waals surface area contributed by atoms with Crippen molar-refractivity contribution in [2.45, 2.75) is 20.8 Å². The summed E-state index contributed by atoms with van der Waals surface area (Å²) in [4.78, 5) is 23.3.